The summed E-state index contributed by atoms with van der Waals surface area (Å²) in [6.07, 6.45) is 6.65. The average molecular weight is 276 g/mol. The van der Waals surface area contributed by atoms with E-state index in [9.17, 15) is 14.7 Å². The van der Waals surface area contributed by atoms with Gasteiger partial charge in [0.2, 0.25) is 0 Å². The standard InChI is InChI=1S/C16H20O4/c1-10-12-9-11(16(3,19)14(18)20-4)5-7-15(12,2)8-6-13(10)17/h6,8-9,19H,5,7H2,1-4H3/t15-,16?/m0/s1. The molecule has 1 N–H and O–H groups in total. The Bertz CT molecular complexity index is 563. The molecule has 0 heterocycles. The number of ether oxygens (including phenoxy) is 1. The second kappa shape index (κ2) is 4.70. The first-order chi connectivity index (χ1) is 9.22. The average Bonchev–Trinajstić information content (AvgIpc) is 2.42. The Morgan fingerprint density at radius 3 is 2.75 bits per heavy atom. The molecule has 20 heavy (non-hydrogen) atoms. The fourth-order valence-electron chi connectivity index (χ4n) is 2.88. The van der Waals surface area contributed by atoms with Gasteiger partial charge in [-0.15, -0.1) is 0 Å². The Balaban J connectivity index is 2.50. The number of carbonyl (C=O) groups is 2. The number of carbonyl (C=O) groups excluding carboxylic acids is 2. The van der Waals surface area contributed by atoms with Crippen LogP contribution in [0.2, 0.25) is 0 Å². The summed E-state index contributed by atoms with van der Waals surface area (Å²) in [5, 5.41) is 10.4. The van der Waals surface area contributed by atoms with Gasteiger partial charge in [0.1, 0.15) is 0 Å². The summed E-state index contributed by atoms with van der Waals surface area (Å²) in [7, 11) is 1.25. The molecule has 0 spiro atoms. The lowest BCUT2D eigenvalue weighted by molar-refractivity contribution is -0.156. The number of hydrogen-bond donors (Lipinski definition) is 1. The fourth-order valence-corrected chi connectivity index (χ4v) is 2.88. The summed E-state index contributed by atoms with van der Waals surface area (Å²) in [6.45, 7) is 5.28. The lowest BCUT2D eigenvalue weighted by Crippen LogP contribution is -2.40. The maximum Gasteiger partial charge on any atom is 0.341 e. The SMILES string of the molecule is COC(=O)C(C)(O)C1=CC2=C(C)C(=O)C=C[C@]2(C)CC1. The topological polar surface area (TPSA) is 63.6 Å². The molecule has 2 aliphatic carbocycles. The first-order valence-corrected chi connectivity index (χ1v) is 6.69. The van der Waals surface area contributed by atoms with Crippen molar-refractivity contribution < 1.29 is 19.4 Å². The van der Waals surface area contributed by atoms with Crippen molar-refractivity contribution in [3.05, 3.63) is 34.9 Å². The van der Waals surface area contributed by atoms with E-state index in [1.54, 1.807) is 19.1 Å². The highest BCUT2D eigenvalue weighted by Crippen LogP contribution is 2.46. The van der Waals surface area contributed by atoms with Crippen LogP contribution in [0, 0.1) is 5.41 Å². The molecule has 0 aromatic carbocycles. The minimum absolute atomic E-state index is 0.0207. The highest BCUT2D eigenvalue weighted by atomic mass is 16.5. The monoisotopic (exact) mass is 276 g/mol. The van der Waals surface area contributed by atoms with Gasteiger partial charge >= 0.3 is 5.97 Å². The first-order valence-electron chi connectivity index (χ1n) is 6.69. The number of esters is 1. The van der Waals surface area contributed by atoms with Gasteiger partial charge in [-0.25, -0.2) is 4.79 Å². The zero-order valence-corrected chi connectivity index (χ0v) is 12.3. The molecular formula is C16H20O4. The van der Waals surface area contributed by atoms with Gasteiger partial charge in [-0.05, 0) is 43.9 Å². The van der Waals surface area contributed by atoms with Gasteiger partial charge in [-0.3, -0.25) is 4.79 Å². The molecule has 0 aliphatic heterocycles. The van der Waals surface area contributed by atoms with Crippen LogP contribution in [-0.4, -0.2) is 29.6 Å². The second-order valence-corrected chi connectivity index (χ2v) is 5.89. The number of allylic oxidation sites excluding steroid dienone is 5. The molecule has 0 saturated carbocycles. The van der Waals surface area contributed by atoms with E-state index >= 15 is 0 Å². The molecule has 0 aromatic heterocycles. The van der Waals surface area contributed by atoms with E-state index in [-0.39, 0.29) is 11.2 Å². The summed E-state index contributed by atoms with van der Waals surface area (Å²) >= 11 is 0. The van der Waals surface area contributed by atoms with Crippen LogP contribution in [-0.2, 0) is 14.3 Å². The molecular weight excluding hydrogens is 256 g/mol. The van der Waals surface area contributed by atoms with Crippen molar-refractivity contribution in [2.45, 2.75) is 39.2 Å². The molecule has 2 atom stereocenters. The molecule has 108 valence electrons. The van der Waals surface area contributed by atoms with Crippen molar-refractivity contribution in [1.82, 2.24) is 0 Å². The highest BCUT2D eigenvalue weighted by Gasteiger charge is 2.42. The molecule has 0 radical (unpaired) electrons. The number of aliphatic hydroxyl groups is 1. The van der Waals surface area contributed by atoms with E-state index in [0.717, 1.165) is 12.0 Å². The smallest absolute Gasteiger partial charge is 0.341 e. The first kappa shape index (κ1) is 14.7. The minimum atomic E-state index is -1.65. The summed E-state index contributed by atoms with van der Waals surface area (Å²) < 4.78 is 4.65. The van der Waals surface area contributed by atoms with E-state index in [1.165, 1.54) is 14.0 Å². The van der Waals surface area contributed by atoms with Crippen molar-refractivity contribution in [1.29, 1.82) is 0 Å². The van der Waals surface area contributed by atoms with Crippen LogP contribution >= 0.6 is 0 Å². The summed E-state index contributed by atoms with van der Waals surface area (Å²) in [5.74, 6) is -0.698. The third-order valence-electron chi connectivity index (χ3n) is 4.43. The van der Waals surface area contributed by atoms with E-state index in [1.807, 2.05) is 6.08 Å². The zero-order valence-electron chi connectivity index (χ0n) is 12.3. The van der Waals surface area contributed by atoms with Crippen LogP contribution in [0.1, 0.15) is 33.6 Å². The van der Waals surface area contributed by atoms with E-state index < -0.39 is 11.6 Å². The van der Waals surface area contributed by atoms with Crippen LogP contribution < -0.4 is 0 Å². The largest absolute Gasteiger partial charge is 0.467 e. The molecule has 0 saturated heterocycles. The van der Waals surface area contributed by atoms with Crippen molar-refractivity contribution in [3.8, 4) is 0 Å². The number of fused-ring (bicyclic) bond motifs is 1. The molecule has 1 unspecified atom stereocenters. The van der Waals surface area contributed by atoms with Gasteiger partial charge in [0, 0.05) is 11.0 Å². The van der Waals surface area contributed by atoms with Crippen LogP contribution in [0.25, 0.3) is 0 Å². The van der Waals surface area contributed by atoms with Crippen LogP contribution in [0.3, 0.4) is 0 Å². The predicted octanol–water partition coefficient (Wildman–Crippen LogP) is 2.09. The maximum atomic E-state index is 11.8. The van der Waals surface area contributed by atoms with Crippen LogP contribution in [0.15, 0.2) is 34.9 Å². The Labute approximate surface area is 118 Å². The predicted molar refractivity (Wildman–Crippen MR) is 74.9 cm³/mol. The molecule has 0 bridgehead atoms. The Hall–Kier alpha value is -1.68. The molecule has 4 nitrogen and oxygen atoms in total. The fraction of sp³-hybridized carbons (Fsp3) is 0.500. The summed E-state index contributed by atoms with van der Waals surface area (Å²) in [6, 6.07) is 0. The van der Waals surface area contributed by atoms with E-state index in [2.05, 4.69) is 11.7 Å². The zero-order chi connectivity index (χ0) is 15.1. The molecule has 2 aliphatic rings. The third kappa shape index (κ3) is 2.14. The third-order valence-corrected chi connectivity index (χ3v) is 4.43. The number of methoxy groups -OCH3 is 1. The van der Waals surface area contributed by atoms with E-state index in [4.69, 9.17) is 0 Å². The van der Waals surface area contributed by atoms with Gasteiger partial charge in [-0.2, -0.15) is 0 Å². The van der Waals surface area contributed by atoms with Gasteiger partial charge in [0.15, 0.2) is 11.4 Å². The molecule has 2 rings (SSSR count). The van der Waals surface area contributed by atoms with Crippen molar-refractivity contribution in [2.24, 2.45) is 5.41 Å². The Morgan fingerprint density at radius 2 is 2.15 bits per heavy atom. The molecule has 0 aromatic rings. The van der Waals surface area contributed by atoms with Gasteiger partial charge < -0.3 is 9.84 Å². The summed E-state index contributed by atoms with van der Waals surface area (Å²) in [4.78, 5) is 23.5. The lowest BCUT2D eigenvalue weighted by Gasteiger charge is -2.38. The van der Waals surface area contributed by atoms with Gasteiger partial charge in [0.05, 0.1) is 7.11 Å². The van der Waals surface area contributed by atoms with Gasteiger partial charge in [0.25, 0.3) is 0 Å². The van der Waals surface area contributed by atoms with Crippen LogP contribution in [0.4, 0.5) is 0 Å². The van der Waals surface area contributed by atoms with Crippen molar-refractivity contribution in [3.63, 3.8) is 0 Å². The molecule has 4 heteroatoms. The van der Waals surface area contributed by atoms with Gasteiger partial charge in [-0.1, -0.05) is 19.1 Å². The number of hydrogen-bond acceptors (Lipinski definition) is 4. The van der Waals surface area contributed by atoms with Crippen molar-refractivity contribution >= 4 is 11.8 Å². The second-order valence-electron chi connectivity index (χ2n) is 5.89. The lowest BCUT2D eigenvalue weighted by atomic mass is 9.66. The summed E-state index contributed by atoms with van der Waals surface area (Å²) in [5.41, 5.74) is 0.309. The minimum Gasteiger partial charge on any atom is -0.467 e. The highest BCUT2D eigenvalue weighted by molar-refractivity contribution is 6.06. The quantitative estimate of drug-likeness (QED) is 0.784. The Morgan fingerprint density at radius 1 is 1.50 bits per heavy atom. The van der Waals surface area contributed by atoms with Crippen molar-refractivity contribution in [2.75, 3.05) is 7.11 Å². The number of ketones is 1. The molecule has 0 amide bonds. The van der Waals surface area contributed by atoms with Crippen LogP contribution in [0.5, 0.6) is 0 Å². The van der Waals surface area contributed by atoms with E-state index in [0.29, 0.717) is 17.6 Å². The number of rotatable bonds is 2. The molecule has 0 fully saturated rings. The Kier molecular flexibility index (Phi) is 3.46. The normalized spacial score (nSPS) is 28.6. The maximum absolute atomic E-state index is 11.8.